The van der Waals surface area contributed by atoms with Gasteiger partial charge in [-0.2, -0.15) is 4.98 Å². The highest BCUT2D eigenvalue weighted by Gasteiger charge is 2.25. The highest BCUT2D eigenvalue weighted by molar-refractivity contribution is 6.05. The molecule has 7 heteroatoms. The van der Waals surface area contributed by atoms with Gasteiger partial charge in [-0.1, -0.05) is 24.3 Å². The van der Waals surface area contributed by atoms with Crippen molar-refractivity contribution in [2.75, 3.05) is 38.2 Å². The van der Waals surface area contributed by atoms with Crippen LogP contribution in [0.1, 0.15) is 16.3 Å². The second-order valence-corrected chi connectivity index (χ2v) is 6.48. The number of hydrogen-bond donors (Lipinski definition) is 0. The zero-order valence-electron chi connectivity index (χ0n) is 15.4. The van der Waals surface area contributed by atoms with Crippen LogP contribution in [-0.4, -0.2) is 59.0 Å². The van der Waals surface area contributed by atoms with Gasteiger partial charge in [0, 0.05) is 43.8 Å². The Kier molecular flexibility index (Phi) is 4.58. The minimum Gasteiger partial charge on any atom is -0.481 e. The van der Waals surface area contributed by atoms with Crippen LogP contribution >= 0.6 is 0 Å². The summed E-state index contributed by atoms with van der Waals surface area (Å²) < 4.78 is 5.23. The van der Waals surface area contributed by atoms with Crippen molar-refractivity contribution >= 4 is 22.5 Å². The number of aryl methyl sites for hydroxylation is 1. The van der Waals surface area contributed by atoms with Crippen LogP contribution in [0, 0.1) is 6.92 Å². The van der Waals surface area contributed by atoms with Gasteiger partial charge in [-0.05, 0) is 18.4 Å². The van der Waals surface area contributed by atoms with Gasteiger partial charge in [0.1, 0.15) is 17.3 Å². The molecule has 3 aromatic rings. The molecule has 1 aliphatic heterocycles. The monoisotopic (exact) mass is 363 g/mol. The van der Waals surface area contributed by atoms with E-state index in [-0.39, 0.29) is 5.91 Å². The van der Waals surface area contributed by atoms with Gasteiger partial charge in [0.2, 0.25) is 5.88 Å². The van der Waals surface area contributed by atoms with Crippen LogP contribution in [-0.2, 0) is 0 Å². The number of carbonyl (C=O) groups is 1. The van der Waals surface area contributed by atoms with Crippen LogP contribution in [0.5, 0.6) is 5.88 Å². The molecule has 0 aliphatic carbocycles. The first-order valence-electron chi connectivity index (χ1n) is 8.93. The van der Waals surface area contributed by atoms with E-state index in [1.165, 1.54) is 0 Å². The van der Waals surface area contributed by atoms with E-state index in [9.17, 15) is 4.79 Å². The Balaban J connectivity index is 1.50. The van der Waals surface area contributed by atoms with E-state index in [2.05, 4.69) is 19.9 Å². The number of amides is 1. The molecule has 0 atom stereocenters. The maximum Gasteiger partial charge on any atom is 0.273 e. The number of carbonyl (C=O) groups excluding carboxylic acids is 1. The average molecular weight is 363 g/mol. The van der Waals surface area contributed by atoms with Gasteiger partial charge in [-0.25, -0.2) is 4.98 Å². The third-order valence-corrected chi connectivity index (χ3v) is 4.78. The van der Waals surface area contributed by atoms with Crippen LogP contribution in [0.15, 0.2) is 42.6 Å². The van der Waals surface area contributed by atoms with Crippen molar-refractivity contribution in [2.24, 2.45) is 0 Å². The standard InChI is InChI=1S/C20H21N5O2/c1-14-22-17(13-18(23-14)27-2)24-9-11-25(12-10-24)20(26)19-16-6-4-3-5-15(16)7-8-21-19/h3-8,13H,9-12H2,1-2H3. The molecule has 0 radical (unpaired) electrons. The van der Waals surface area contributed by atoms with Gasteiger partial charge < -0.3 is 14.5 Å². The number of methoxy groups -OCH3 is 1. The second-order valence-electron chi connectivity index (χ2n) is 6.48. The van der Waals surface area contributed by atoms with Crippen molar-refractivity contribution in [2.45, 2.75) is 6.92 Å². The number of ether oxygens (including phenoxy) is 1. The molecule has 4 rings (SSSR count). The third-order valence-electron chi connectivity index (χ3n) is 4.78. The Bertz CT molecular complexity index is 978. The number of fused-ring (bicyclic) bond motifs is 1. The zero-order chi connectivity index (χ0) is 18.8. The topological polar surface area (TPSA) is 71.5 Å². The Morgan fingerprint density at radius 1 is 1.07 bits per heavy atom. The number of benzene rings is 1. The molecule has 1 saturated heterocycles. The summed E-state index contributed by atoms with van der Waals surface area (Å²) in [4.78, 5) is 30.1. The lowest BCUT2D eigenvalue weighted by atomic mass is 10.1. The van der Waals surface area contributed by atoms with Crippen molar-refractivity contribution in [1.82, 2.24) is 19.9 Å². The fourth-order valence-electron chi connectivity index (χ4n) is 3.37. The van der Waals surface area contributed by atoms with Crippen LogP contribution < -0.4 is 9.64 Å². The summed E-state index contributed by atoms with van der Waals surface area (Å²) in [6.07, 6.45) is 1.70. The van der Waals surface area contributed by atoms with Crippen LogP contribution in [0.25, 0.3) is 10.8 Å². The molecule has 1 fully saturated rings. The largest absolute Gasteiger partial charge is 0.481 e. The number of pyridine rings is 1. The summed E-state index contributed by atoms with van der Waals surface area (Å²) in [5.41, 5.74) is 0.515. The van der Waals surface area contributed by atoms with Gasteiger partial charge in [0.05, 0.1) is 7.11 Å². The molecule has 0 spiro atoms. The van der Waals surface area contributed by atoms with E-state index in [1.54, 1.807) is 13.3 Å². The van der Waals surface area contributed by atoms with Crippen molar-refractivity contribution in [3.63, 3.8) is 0 Å². The highest BCUT2D eigenvalue weighted by Crippen LogP contribution is 2.21. The van der Waals surface area contributed by atoms with Crippen molar-refractivity contribution in [1.29, 1.82) is 0 Å². The molecule has 1 aliphatic rings. The quantitative estimate of drug-likeness (QED) is 0.711. The third kappa shape index (κ3) is 3.40. The number of anilines is 1. The fraction of sp³-hybridized carbons (Fsp3) is 0.300. The Morgan fingerprint density at radius 3 is 2.63 bits per heavy atom. The molecule has 3 heterocycles. The predicted octanol–water partition coefficient (Wildman–Crippen LogP) is 2.30. The molecule has 7 nitrogen and oxygen atoms in total. The number of nitrogens with zero attached hydrogens (tertiary/aromatic N) is 5. The first-order valence-corrected chi connectivity index (χ1v) is 8.93. The second kappa shape index (κ2) is 7.19. The fourth-order valence-corrected chi connectivity index (χ4v) is 3.37. The molecule has 2 aromatic heterocycles. The van der Waals surface area contributed by atoms with E-state index in [4.69, 9.17) is 4.74 Å². The molecular formula is C20H21N5O2. The first kappa shape index (κ1) is 17.2. The Morgan fingerprint density at radius 2 is 1.85 bits per heavy atom. The van der Waals surface area contributed by atoms with Crippen LogP contribution in [0.2, 0.25) is 0 Å². The van der Waals surface area contributed by atoms with E-state index < -0.39 is 0 Å². The molecular weight excluding hydrogens is 342 g/mol. The summed E-state index contributed by atoms with van der Waals surface area (Å²) in [6, 6.07) is 11.6. The summed E-state index contributed by atoms with van der Waals surface area (Å²) in [6.45, 7) is 4.49. The number of hydrogen-bond acceptors (Lipinski definition) is 6. The van der Waals surface area contributed by atoms with Gasteiger partial charge in [0.15, 0.2) is 0 Å². The molecule has 0 bridgehead atoms. The van der Waals surface area contributed by atoms with E-state index in [1.807, 2.05) is 48.2 Å². The maximum atomic E-state index is 13.0. The summed E-state index contributed by atoms with van der Waals surface area (Å²) >= 11 is 0. The number of rotatable bonds is 3. The van der Waals surface area contributed by atoms with Crippen molar-refractivity contribution in [3.05, 3.63) is 54.1 Å². The predicted molar refractivity (Wildman–Crippen MR) is 103 cm³/mol. The van der Waals surface area contributed by atoms with E-state index >= 15 is 0 Å². The lowest BCUT2D eigenvalue weighted by molar-refractivity contribution is 0.0742. The van der Waals surface area contributed by atoms with E-state index in [0.717, 1.165) is 16.6 Å². The molecule has 0 N–H and O–H groups in total. The molecule has 138 valence electrons. The minimum atomic E-state index is -0.0251. The van der Waals surface area contributed by atoms with Gasteiger partial charge in [-0.3, -0.25) is 9.78 Å². The normalized spacial score (nSPS) is 14.4. The number of aromatic nitrogens is 3. The zero-order valence-corrected chi connectivity index (χ0v) is 15.4. The summed E-state index contributed by atoms with van der Waals surface area (Å²) in [7, 11) is 1.60. The Hall–Kier alpha value is -3.22. The smallest absolute Gasteiger partial charge is 0.273 e. The van der Waals surface area contributed by atoms with Crippen molar-refractivity contribution < 1.29 is 9.53 Å². The lowest BCUT2D eigenvalue weighted by Crippen LogP contribution is -2.49. The lowest BCUT2D eigenvalue weighted by Gasteiger charge is -2.35. The molecule has 0 unspecified atom stereocenters. The van der Waals surface area contributed by atoms with Gasteiger partial charge in [-0.15, -0.1) is 0 Å². The maximum absolute atomic E-state index is 13.0. The Labute approximate surface area is 157 Å². The number of piperazine rings is 1. The summed E-state index contributed by atoms with van der Waals surface area (Å²) in [5, 5.41) is 1.92. The first-order chi connectivity index (χ1) is 13.2. The van der Waals surface area contributed by atoms with Crippen LogP contribution in [0.3, 0.4) is 0 Å². The highest BCUT2D eigenvalue weighted by atomic mass is 16.5. The molecule has 1 aromatic carbocycles. The SMILES string of the molecule is COc1cc(N2CCN(C(=O)c3nccc4ccccc34)CC2)nc(C)n1. The molecule has 0 saturated carbocycles. The molecule has 27 heavy (non-hydrogen) atoms. The minimum absolute atomic E-state index is 0.0251. The summed E-state index contributed by atoms with van der Waals surface area (Å²) in [5.74, 6) is 2.02. The average Bonchev–Trinajstić information content (AvgIpc) is 2.72. The van der Waals surface area contributed by atoms with E-state index in [0.29, 0.717) is 43.6 Å². The van der Waals surface area contributed by atoms with Crippen molar-refractivity contribution in [3.8, 4) is 5.88 Å². The van der Waals surface area contributed by atoms with Crippen LogP contribution in [0.4, 0.5) is 5.82 Å². The van der Waals surface area contributed by atoms with Gasteiger partial charge >= 0.3 is 0 Å². The molecule has 1 amide bonds. The van der Waals surface area contributed by atoms with Gasteiger partial charge in [0.25, 0.3) is 5.91 Å².